The number of allylic oxidation sites excluding steroid dienone is 5. The molecule has 3 rings (SSSR count). The second-order valence-electron chi connectivity index (χ2n) is 7.88. The maximum atomic E-state index is 12.9. The largest absolute Gasteiger partial charge is 0.334 e. The highest BCUT2D eigenvalue weighted by molar-refractivity contribution is 6.53. The van der Waals surface area contributed by atoms with Gasteiger partial charge in [-0.1, -0.05) is 53.0 Å². The molecule has 2 fully saturated rings. The van der Waals surface area contributed by atoms with Crippen molar-refractivity contribution >= 4 is 87.1 Å². The Labute approximate surface area is 221 Å². The molecule has 2 aliphatic carbocycles. The van der Waals surface area contributed by atoms with Gasteiger partial charge >= 0.3 is 0 Å². The van der Waals surface area contributed by atoms with Gasteiger partial charge in [0.05, 0.1) is 32.6 Å². The maximum Gasteiger partial charge on any atom is 0.254 e. The molecule has 0 aliphatic heterocycles. The van der Waals surface area contributed by atoms with Crippen LogP contribution in [0.3, 0.4) is 0 Å². The van der Waals surface area contributed by atoms with E-state index in [1.165, 1.54) is 24.3 Å². The van der Waals surface area contributed by atoms with Crippen LogP contribution in [-0.2, 0) is 4.79 Å². The molecule has 33 heavy (non-hydrogen) atoms. The van der Waals surface area contributed by atoms with E-state index in [1.54, 1.807) is 6.92 Å². The summed E-state index contributed by atoms with van der Waals surface area (Å²) >= 11 is 36.8. The van der Waals surface area contributed by atoms with E-state index in [4.69, 9.17) is 69.6 Å². The van der Waals surface area contributed by atoms with Crippen LogP contribution in [0.15, 0.2) is 51.5 Å². The lowest BCUT2D eigenvalue weighted by atomic mass is 10.1. The molecule has 2 N–H and O–H groups in total. The predicted octanol–water partition coefficient (Wildman–Crippen LogP) is 6.87. The standard InChI is InChI=1S/C22H17Cl6N3O2/c1-10(7-15(25)18(26)11(2)23)16-17(22(16,27)28)20(33)30-12-3-4-14(24)13(8-12)19(32)31-21(9-29)5-6-21/h3-4,7-8,16-17H,1,5-6H2,2H3,(H,30,33)(H,31,32)/b15-7+,18-11-/t16-,17+/m1/s1. The van der Waals surface area contributed by atoms with Crippen LogP contribution in [-0.4, -0.2) is 21.7 Å². The number of hydrogen-bond donors (Lipinski definition) is 2. The van der Waals surface area contributed by atoms with Crippen LogP contribution in [0.5, 0.6) is 0 Å². The van der Waals surface area contributed by atoms with Crippen molar-refractivity contribution in [2.45, 2.75) is 29.6 Å². The second kappa shape index (κ2) is 9.70. The third-order valence-corrected chi connectivity index (χ3v) is 7.79. The Bertz CT molecular complexity index is 1140. The fraction of sp³-hybridized carbons (Fsp3) is 0.318. The second-order valence-corrected chi connectivity index (χ2v) is 11.1. The number of carbonyl (C=O) groups is 2. The third-order valence-electron chi connectivity index (χ3n) is 5.36. The van der Waals surface area contributed by atoms with Crippen molar-refractivity contribution in [1.29, 1.82) is 5.26 Å². The molecule has 1 aromatic rings. The SMILES string of the molecule is C=C(/C=C(Cl)\C(Cl)=C(/C)Cl)[C@@H]1[C@@H](C(=O)Nc2ccc(Cl)c(C(=O)NC3(C#N)CC3)c2)C1(Cl)Cl. The molecule has 0 unspecified atom stereocenters. The van der Waals surface area contributed by atoms with Gasteiger partial charge in [-0.05, 0) is 49.6 Å². The first-order valence-corrected chi connectivity index (χ1v) is 11.9. The van der Waals surface area contributed by atoms with E-state index in [0.29, 0.717) is 29.1 Å². The molecular formula is C22H17Cl6N3O2. The number of hydrogen-bond acceptors (Lipinski definition) is 3. The number of nitriles is 1. The molecule has 0 aromatic heterocycles. The average Bonchev–Trinajstić information content (AvgIpc) is 3.63. The molecule has 2 aliphatic rings. The molecule has 0 saturated heterocycles. The maximum absolute atomic E-state index is 12.9. The number of amides is 2. The number of carbonyl (C=O) groups excluding carboxylic acids is 2. The quantitative estimate of drug-likeness (QED) is 0.278. The van der Waals surface area contributed by atoms with Gasteiger partial charge in [-0.15, -0.1) is 23.2 Å². The van der Waals surface area contributed by atoms with Crippen molar-refractivity contribution in [3.8, 4) is 6.07 Å². The number of nitrogens with zero attached hydrogens (tertiary/aromatic N) is 1. The van der Waals surface area contributed by atoms with Gasteiger partial charge in [-0.3, -0.25) is 9.59 Å². The smallest absolute Gasteiger partial charge is 0.254 e. The van der Waals surface area contributed by atoms with E-state index in [-0.39, 0.29) is 20.7 Å². The van der Waals surface area contributed by atoms with E-state index in [2.05, 4.69) is 23.3 Å². The molecule has 0 spiro atoms. The Hall–Kier alpha value is -1.39. The molecular weight excluding hydrogens is 551 g/mol. The van der Waals surface area contributed by atoms with Crippen LogP contribution >= 0.6 is 69.6 Å². The zero-order valence-electron chi connectivity index (χ0n) is 17.1. The summed E-state index contributed by atoms with van der Waals surface area (Å²) in [5.41, 5.74) is -0.00599. The summed E-state index contributed by atoms with van der Waals surface area (Å²) in [6.07, 6.45) is 2.61. The van der Waals surface area contributed by atoms with E-state index < -0.39 is 33.5 Å². The summed E-state index contributed by atoms with van der Waals surface area (Å²) in [6, 6.07) is 6.51. The minimum atomic E-state index is -1.40. The Kier molecular flexibility index (Phi) is 7.70. The molecule has 5 nitrogen and oxygen atoms in total. The summed E-state index contributed by atoms with van der Waals surface area (Å²) in [7, 11) is 0. The minimum Gasteiger partial charge on any atom is -0.334 e. The Morgan fingerprint density at radius 1 is 1.21 bits per heavy atom. The molecule has 0 heterocycles. The highest BCUT2D eigenvalue weighted by atomic mass is 35.5. The highest BCUT2D eigenvalue weighted by Gasteiger charge is 2.67. The summed E-state index contributed by atoms with van der Waals surface area (Å²) in [6.45, 7) is 5.48. The van der Waals surface area contributed by atoms with Gasteiger partial charge in [0.2, 0.25) is 5.91 Å². The molecule has 0 bridgehead atoms. The number of anilines is 1. The Morgan fingerprint density at radius 2 is 1.85 bits per heavy atom. The Balaban J connectivity index is 1.73. The van der Waals surface area contributed by atoms with Crippen LogP contribution in [0.25, 0.3) is 0 Å². The third kappa shape index (κ3) is 5.65. The van der Waals surface area contributed by atoms with Gasteiger partial charge in [0.1, 0.15) is 9.87 Å². The van der Waals surface area contributed by atoms with Crippen molar-refractivity contribution in [3.63, 3.8) is 0 Å². The molecule has 1 aromatic carbocycles. The first kappa shape index (κ1) is 26.2. The van der Waals surface area contributed by atoms with Gasteiger partial charge in [0.25, 0.3) is 5.91 Å². The van der Waals surface area contributed by atoms with Crippen LogP contribution < -0.4 is 10.6 Å². The number of alkyl halides is 2. The lowest BCUT2D eigenvalue weighted by molar-refractivity contribution is -0.117. The predicted molar refractivity (Wildman–Crippen MR) is 134 cm³/mol. The Morgan fingerprint density at radius 3 is 2.39 bits per heavy atom. The van der Waals surface area contributed by atoms with Gasteiger partial charge in [-0.25, -0.2) is 0 Å². The van der Waals surface area contributed by atoms with Crippen molar-refractivity contribution in [3.05, 3.63) is 62.1 Å². The molecule has 2 amide bonds. The van der Waals surface area contributed by atoms with Crippen molar-refractivity contribution in [1.82, 2.24) is 5.32 Å². The lowest BCUT2D eigenvalue weighted by Gasteiger charge is -2.12. The van der Waals surface area contributed by atoms with Gasteiger partial charge in [0.15, 0.2) is 0 Å². The van der Waals surface area contributed by atoms with E-state index in [9.17, 15) is 14.9 Å². The van der Waals surface area contributed by atoms with Crippen LogP contribution in [0.1, 0.15) is 30.1 Å². The number of benzene rings is 1. The first-order chi connectivity index (χ1) is 15.3. The molecule has 174 valence electrons. The van der Waals surface area contributed by atoms with E-state index in [1.807, 2.05) is 0 Å². The number of halogens is 6. The number of rotatable bonds is 7. The van der Waals surface area contributed by atoms with Gasteiger partial charge < -0.3 is 10.6 Å². The fourth-order valence-corrected chi connectivity index (χ4v) is 4.81. The van der Waals surface area contributed by atoms with Gasteiger partial charge in [-0.2, -0.15) is 5.26 Å². The summed E-state index contributed by atoms with van der Waals surface area (Å²) in [5.74, 6) is -2.42. The van der Waals surface area contributed by atoms with Gasteiger partial charge in [0, 0.05) is 16.6 Å². The molecule has 11 heteroatoms. The average molecular weight is 568 g/mol. The van der Waals surface area contributed by atoms with Crippen LogP contribution in [0, 0.1) is 23.2 Å². The highest BCUT2D eigenvalue weighted by Crippen LogP contribution is 2.62. The van der Waals surface area contributed by atoms with Crippen molar-refractivity contribution in [2.24, 2.45) is 11.8 Å². The van der Waals surface area contributed by atoms with Crippen LogP contribution in [0.4, 0.5) is 5.69 Å². The topological polar surface area (TPSA) is 82.0 Å². The normalized spacial score (nSPS) is 23.0. The summed E-state index contributed by atoms with van der Waals surface area (Å²) in [5, 5.41) is 15.3. The first-order valence-electron chi connectivity index (χ1n) is 9.63. The molecule has 2 saturated carbocycles. The zero-order chi connectivity index (χ0) is 24.7. The fourth-order valence-electron chi connectivity index (χ4n) is 3.27. The monoisotopic (exact) mass is 565 g/mol. The van der Waals surface area contributed by atoms with E-state index in [0.717, 1.165) is 0 Å². The summed E-state index contributed by atoms with van der Waals surface area (Å²) in [4.78, 5) is 25.4. The van der Waals surface area contributed by atoms with Crippen LogP contribution in [0.2, 0.25) is 5.02 Å². The van der Waals surface area contributed by atoms with Crippen molar-refractivity contribution in [2.75, 3.05) is 5.32 Å². The minimum absolute atomic E-state index is 0.128. The van der Waals surface area contributed by atoms with E-state index >= 15 is 0 Å². The molecule has 2 atom stereocenters. The summed E-state index contributed by atoms with van der Waals surface area (Å²) < 4.78 is -1.40. The molecule has 0 radical (unpaired) electrons. The van der Waals surface area contributed by atoms with Crippen molar-refractivity contribution < 1.29 is 9.59 Å². The number of nitrogens with one attached hydrogen (secondary N) is 2. The lowest BCUT2D eigenvalue weighted by Crippen LogP contribution is -2.35. The zero-order valence-corrected chi connectivity index (χ0v) is 21.7.